The monoisotopic (exact) mass is 391 g/mol. The van der Waals surface area contributed by atoms with E-state index in [-0.39, 0.29) is 5.91 Å². The SMILES string of the molecule is COc1ccc(OCc2cc(C(=O)NCCc3ccccc3)ccc2OC)cc1. The van der Waals surface area contributed by atoms with Gasteiger partial charge in [0.25, 0.3) is 5.91 Å². The summed E-state index contributed by atoms with van der Waals surface area (Å²) in [5.74, 6) is 2.04. The molecule has 0 aliphatic rings. The Kier molecular flexibility index (Phi) is 7.11. The average molecular weight is 391 g/mol. The molecule has 0 radical (unpaired) electrons. The van der Waals surface area contributed by atoms with E-state index in [9.17, 15) is 4.79 Å². The molecule has 5 nitrogen and oxygen atoms in total. The third-order valence-corrected chi connectivity index (χ3v) is 4.54. The van der Waals surface area contributed by atoms with Crippen LogP contribution in [0.5, 0.6) is 17.2 Å². The van der Waals surface area contributed by atoms with Gasteiger partial charge in [-0.25, -0.2) is 0 Å². The fourth-order valence-electron chi connectivity index (χ4n) is 2.93. The number of ether oxygens (including phenoxy) is 3. The van der Waals surface area contributed by atoms with Gasteiger partial charge in [-0.1, -0.05) is 30.3 Å². The Labute approximate surface area is 171 Å². The standard InChI is InChI=1S/C24H25NO4/c1-27-21-9-11-22(12-10-21)29-17-20-16-19(8-13-23(20)28-2)24(26)25-15-14-18-6-4-3-5-7-18/h3-13,16H,14-15,17H2,1-2H3,(H,25,26). The van der Waals surface area contributed by atoms with E-state index in [1.165, 1.54) is 5.56 Å². The summed E-state index contributed by atoms with van der Waals surface area (Å²) in [6.45, 7) is 0.868. The third kappa shape index (κ3) is 5.75. The Morgan fingerprint density at radius 3 is 2.28 bits per heavy atom. The first-order valence-corrected chi connectivity index (χ1v) is 9.45. The van der Waals surface area contributed by atoms with E-state index < -0.39 is 0 Å². The van der Waals surface area contributed by atoms with E-state index >= 15 is 0 Å². The minimum atomic E-state index is -0.116. The summed E-state index contributed by atoms with van der Waals surface area (Å²) in [6.07, 6.45) is 0.788. The van der Waals surface area contributed by atoms with Crippen LogP contribution in [0, 0.1) is 0 Å². The van der Waals surface area contributed by atoms with Gasteiger partial charge in [-0.05, 0) is 54.4 Å². The highest BCUT2D eigenvalue weighted by Crippen LogP contribution is 2.23. The van der Waals surface area contributed by atoms with Gasteiger partial charge in [-0.15, -0.1) is 0 Å². The first-order chi connectivity index (χ1) is 14.2. The molecule has 0 unspecified atom stereocenters. The Bertz CT molecular complexity index is 923. The fourth-order valence-corrected chi connectivity index (χ4v) is 2.93. The van der Waals surface area contributed by atoms with Crippen molar-refractivity contribution in [1.29, 1.82) is 0 Å². The topological polar surface area (TPSA) is 56.8 Å². The van der Waals surface area contributed by atoms with Gasteiger partial charge in [0.05, 0.1) is 14.2 Å². The van der Waals surface area contributed by atoms with E-state index in [1.54, 1.807) is 32.4 Å². The average Bonchev–Trinajstić information content (AvgIpc) is 2.78. The number of carbonyl (C=O) groups is 1. The molecule has 150 valence electrons. The molecule has 0 atom stereocenters. The molecule has 5 heteroatoms. The molecule has 0 spiro atoms. The molecule has 0 saturated heterocycles. The lowest BCUT2D eigenvalue weighted by atomic mass is 10.1. The van der Waals surface area contributed by atoms with Crippen molar-refractivity contribution in [2.24, 2.45) is 0 Å². The van der Waals surface area contributed by atoms with Crippen molar-refractivity contribution in [3.63, 3.8) is 0 Å². The lowest BCUT2D eigenvalue weighted by Crippen LogP contribution is -2.25. The summed E-state index contributed by atoms with van der Waals surface area (Å²) in [5, 5.41) is 2.96. The smallest absolute Gasteiger partial charge is 0.251 e. The quantitative estimate of drug-likeness (QED) is 0.592. The molecule has 3 rings (SSSR count). The van der Waals surface area contributed by atoms with E-state index in [2.05, 4.69) is 5.32 Å². The summed E-state index contributed by atoms with van der Waals surface area (Å²) in [5.41, 5.74) is 2.57. The molecule has 0 aromatic heterocycles. The Morgan fingerprint density at radius 1 is 0.862 bits per heavy atom. The predicted molar refractivity (Wildman–Crippen MR) is 113 cm³/mol. The molecule has 0 aliphatic heterocycles. The minimum Gasteiger partial charge on any atom is -0.497 e. The fraction of sp³-hybridized carbons (Fsp3) is 0.208. The van der Waals surface area contributed by atoms with Gasteiger partial charge in [0.2, 0.25) is 0 Å². The summed E-state index contributed by atoms with van der Waals surface area (Å²) >= 11 is 0. The number of benzene rings is 3. The summed E-state index contributed by atoms with van der Waals surface area (Å²) in [7, 11) is 3.23. The number of amides is 1. The second-order valence-corrected chi connectivity index (χ2v) is 6.48. The lowest BCUT2D eigenvalue weighted by molar-refractivity contribution is 0.0954. The van der Waals surface area contributed by atoms with E-state index in [1.807, 2.05) is 54.6 Å². The van der Waals surface area contributed by atoms with Crippen LogP contribution in [0.3, 0.4) is 0 Å². The maximum atomic E-state index is 12.5. The predicted octanol–water partition coefficient (Wildman–Crippen LogP) is 4.26. The van der Waals surface area contributed by atoms with Crippen LogP contribution in [0.2, 0.25) is 0 Å². The van der Waals surface area contributed by atoms with E-state index in [0.29, 0.717) is 30.2 Å². The van der Waals surface area contributed by atoms with Crippen LogP contribution < -0.4 is 19.5 Å². The Morgan fingerprint density at radius 2 is 1.59 bits per heavy atom. The van der Waals surface area contributed by atoms with Gasteiger partial charge < -0.3 is 19.5 Å². The number of rotatable bonds is 9. The van der Waals surface area contributed by atoms with Crippen LogP contribution >= 0.6 is 0 Å². The molecule has 1 amide bonds. The van der Waals surface area contributed by atoms with Gasteiger partial charge >= 0.3 is 0 Å². The van der Waals surface area contributed by atoms with Crippen molar-refractivity contribution in [1.82, 2.24) is 5.32 Å². The molecular weight excluding hydrogens is 366 g/mol. The zero-order valence-corrected chi connectivity index (χ0v) is 16.7. The van der Waals surface area contributed by atoms with Crippen molar-refractivity contribution in [2.45, 2.75) is 13.0 Å². The molecule has 0 saturated carbocycles. The molecule has 0 heterocycles. The van der Waals surface area contributed by atoms with Crippen LogP contribution in [0.4, 0.5) is 0 Å². The molecule has 29 heavy (non-hydrogen) atoms. The summed E-state index contributed by atoms with van der Waals surface area (Å²) in [6, 6.07) is 22.8. The van der Waals surface area contributed by atoms with Gasteiger partial charge in [-0.3, -0.25) is 4.79 Å². The highest BCUT2D eigenvalue weighted by molar-refractivity contribution is 5.94. The zero-order chi connectivity index (χ0) is 20.5. The Balaban J connectivity index is 1.61. The van der Waals surface area contributed by atoms with Crippen molar-refractivity contribution in [3.05, 3.63) is 89.5 Å². The van der Waals surface area contributed by atoms with E-state index in [4.69, 9.17) is 14.2 Å². The van der Waals surface area contributed by atoms with Crippen LogP contribution in [-0.4, -0.2) is 26.7 Å². The zero-order valence-electron chi connectivity index (χ0n) is 16.7. The highest BCUT2D eigenvalue weighted by atomic mass is 16.5. The first kappa shape index (κ1) is 20.3. The maximum absolute atomic E-state index is 12.5. The number of carbonyl (C=O) groups excluding carboxylic acids is 1. The summed E-state index contributed by atoms with van der Waals surface area (Å²) in [4.78, 5) is 12.5. The largest absolute Gasteiger partial charge is 0.497 e. The molecule has 0 aliphatic carbocycles. The normalized spacial score (nSPS) is 10.3. The molecule has 0 bridgehead atoms. The number of hydrogen-bond donors (Lipinski definition) is 1. The number of hydrogen-bond acceptors (Lipinski definition) is 4. The van der Waals surface area contributed by atoms with Crippen LogP contribution in [0.1, 0.15) is 21.5 Å². The third-order valence-electron chi connectivity index (χ3n) is 4.54. The molecule has 0 fully saturated rings. The minimum absolute atomic E-state index is 0.116. The number of methoxy groups -OCH3 is 2. The molecule has 1 N–H and O–H groups in total. The van der Waals surface area contributed by atoms with Crippen LogP contribution in [0.15, 0.2) is 72.8 Å². The molecule has 3 aromatic carbocycles. The second kappa shape index (κ2) is 10.2. The van der Waals surface area contributed by atoms with E-state index in [0.717, 1.165) is 17.7 Å². The lowest BCUT2D eigenvalue weighted by Gasteiger charge is -2.13. The first-order valence-electron chi connectivity index (χ1n) is 9.45. The van der Waals surface area contributed by atoms with Gasteiger partial charge in [-0.2, -0.15) is 0 Å². The van der Waals surface area contributed by atoms with Crippen molar-refractivity contribution < 1.29 is 19.0 Å². The number of nitrogens with one attached hydrogen (secondary N) is 1. The van der Waals surface area contributed by atoms with Crippen LogP contribution in [-0.2, 0) is 13.0 Å². The summed E-state index contributed by atoms with van der Waals surface area (Å²) < 4.78 is 16.4. The second-order valence-electron chi connectivity index (χ2n) is 6.48. The highest BCUT2D eigenvalue weighted by Gasteiger charge is 2.11. The molecule has 3 aromatic rings. The maximum Gasteiger partial charge on any atom is 0.251 e. The Hall–Kier alpha value is -3.47. The van der Waals surface area contributed by atoms with Gasteiger partial charge in [0.1, 0.15) is 23.9 Å². The van der Waals surface area contributed by atoms with Crippen molar-refractivity contribution in [3.8, 4) is 17.2 Å². The van der Waals surface area contributed by atoms with Gasteiger partial charge in [0, 0.05) is 17.7 Å². The van der Waals surface area contributed by atoms with Crippen molar-refractivity contribution >= 4 is 5.91 Å². The van der Waals surface area contributed by atoms with Crippen molar-refractivity contribution in [2.75, 3.05) is 20.8 Å². The van der Waals surface area contributed by atoms with Crippen LogP contribution in [0.25, 0.3) is 0 Å². The van der Waals surface area contributed by atoms with Gasteiger partial charge in [0.15, 0.2) is 0 Å². The molecular formula is C24H25NO4.